The van der Waals surface area contributed by atoms with E-state index >= 15 is 0 Å². The number of thiophene rings is 1. The van der Waals surface area contributed by atoms with Crippen LogP contribution in [0.5, 0.6) is 0 Å². The van der Waals surface area contributed by atoms with Crippen molar-refractivity contribution >= 4 is 23.1 Å². The molecule has 6 nitrogen and oxygen atoms in total. The zero-order valence-corrected chi connectivity index (χ0v) is 13.6. The lowest BCUT2D eigenvalue weighted by Crippen LogP contribution is -2.34. The van der Waals surface area contributed by atoms with Gasteiger partial charge in [0.25, 0.3) is 5.89 Å². The second-order valence-corrected chi connectivity index (χ2v) is 6.05. The number of aromatic nitrogens is 2. The van der Waals surface area contributed by atoms with Gasteiger partial charge in [0, 0.05) is 22.7 Å². The Hall–Kier alpha value is -2.67. The highest BCUT2D eigenvalue weighted by Crippen LogP contribution is 2.25. The fourth-order valence-corrected chi connectivity index (χ4v) is 2.64. The summed E-state index contributed by atoms with van der Waals surface area (Å²) in [7, 11) is 0. The SMILES string of the molecule is CC(C)NC(=O)Nc1cccc(-c2noc(-c3ccsc3)n2)c1. The Labute approximate surface area is 137 Å². The van der Waals surface area contributed by atoms with Crippen molar-refractivity contribution in [2.75, 3.05) is 5.32 Å². The first-order valence-electron chi connectivity index (χ1n) is 7.16. The van der Waals surface area contributed by atoms with Gasteiger partial charge in [-0.1, -0.05) is 17.3 Å². The first kappa shape index (κ1) is 15.2. The van der Waals surface area contributed by atoms with E-state index in [0.717, 1.165) is 11.1 Å². The first-order valence-corrected chi connectivity index (χ1v) is 8.10. The summed E-state index contributed by atoms with van der Waals surface area (Å²) in [5.41, 5.74) is 2.35. The molecule has 23 heavy (non-hydrogen) atoms. The van der Waals surface area contributed by atoms with Crippen molar-refractivity contribution < 1.29 is 9.32 Å². The Bertz CT molecular complexity index is 796. The molecule has 1 aromatic carbocycles. The molecular formula is C16H16N4O2S. The van der Waals surface area contributed by atoms with E-state index in [0.29, 0.717) is 17.4 Å². The summed E-state index contributed by atoms with van der Waals surface area (Å²) in [6, 6.07) is 9.07. The van der Waals surface area contributed by atoms with Crippen LogP contribution in [0.2, 0.25) is 0 Å². The highest BCUT2D eigenvalue weighted by molar-refractivity contribution is 7.08. The van der Waals surface area contributed by atoms with Crippen molar-refractivity contribution in [3.63, 3.8) is 0 Å². The van der Waals surface area contributed by atoms with Crippen LogP contribution in [0.3, 0.4) is 0 Å². The Morgan fingerprint density at radius 1 is 1.26 bits per heavy atom. The monoisotopic (exact) mass is 328 g/mol. The molecule has 0 bridgehead atoms. The molecule has 0 saturated heterocycles. The zero-order valence-electron chi connectivity index (χ0n) is 12.7. The Morgan fingerprint density at radius 3 is 2.87 bits per heavy atom. The highest BCUT2D eigenvalue weighted by Gasteiger charge is 2.12. The van der Waals surface area contributed by atoms with E-state index in [1.165, 1.54) is 0 Å². The summed E-state index contributed by atoms with van der Waals surface area (Å²) < 4.78 is 5.28. The first-order chi connectivity index (χ1) is 11.1. The number of carbonyl (C=O) groups excluding carboxylic acids is 1. The van der Waals surface area contributed by atoms with E-state index < -0.39 is 0 Å². The molecule has 0 aliphatic heterocycles. The molecule has 3 aromatic rings. The molecule has 0 radical (unpaired) electrons. The van der Waals surface area contributed by atoms with Crippen LogP contribution in [0.4, 0.5) is 10.5 Å². The van der Waals surface area contributed by atoms with E-state index in [2.05, 4.69) is 20.8 Å². The molecule has 3 rings (SSSR count). The molecule has 0 aliphatic carbocycles. The van der Waals surface area contributed by atoms with Crippen LogP contribution in [0, 0.1) is 0 Å². The van der Waals surface area contributed by atoms with Crippen LogP contribution in [0.1, 0.15) is 13.8 Å². The second kappa shape index (κ2) is 6.62. The molecule has 2 N–H and O–H groups in total. The van der Waals surface area contributed by atoms with Crippen molar-refractivity contribution in [2.45, 2.75) is 19.9 Å². The Morgan fingerprint density at radius 2 is 2.13 bits per heavy atom. The number of urea groups is 1. The molecule has 0 atom stereocenters. The van der Waals surface area contributed by atoms with Crippen LogP contribution in [0.25, 0.3) is 22.8 Å². The summed E-state index contributed by atoms with van der Waals surface area (Å²) in [4.78, 5) is 16.2. The van der Waals surface area contributed by atoms with Crippen molar-refractivity contribution in [1.82, 2.24) is 15.5 Å². The van der Waals surface area contributed by atoms with Gasteiger partial charge >= 0.3 is 6.03 Å². The maximum Gasteiger partial charge on any atom is 0.319 e. The van der Waals surface area contributed by atoms with Gasteiger partial charge in [0.2, 0.25) is 5.82 Å². The van der Waals surface area contributed by atoms with E-state index in [-0.39, 0.29) is 12.1 Å². The smallest absolute Gasteiger partial charge is 0.319 e. The third-order valence-electron chi connectivity index (χ3n) is 2.99. The molecule has 0 fully saturated rings. The van der Waals surface area contributed by atoms with Gasteiger partial charge in [0.05, 0.1) is 5.56 Å². The summed E-state index contributed by atoms with van der Waals surface area (Å²) in [6.07, 6.45) is 0. The average molecular weight is 328 g/mol. The predicted molar refractivity (Wildman–Crippen MR) is 90.3 cm³/mol. The molecule has 0 spiro atoms. The molecule has 2 heterocycles. The zero-order chi connectivity index (χ0) is 16.2. The molecule has 7 heteroatoms. The summed E-state index contributed by atoms with van der Waals surface area (Å²) in [5.74, 6) is 0.969. The largest absolute Gasteiger partial charge is 0.336 e. The maximum atomic E-state index is 11.8. The van der Waals surface area contributed by atoms with Crippen LogP contribution < -0.4 is 10.6 Å². The van der Waals surface area contributed by atoms with Gasteiger partial charge in [-0.15, -0.1) is 0 Å². The van der Waals surface area contributed by atoms with E-state index in [4.69, 9.17) is 4.52 Å². The topological polar surface area (TPSA) is 80.0 Å². The minimum absolute atomic E-state index is 0.0727. The fourth-order valence-electron chi connectivity index (χ4n) is 2.01. The van der Waals surface area contributed by atoms with Crippen LogP contribution in [-0.4, -0.2) is 22.2 Å². The predicted octanol–water partition coefficient (Wildman–Crippen LogP) is 4.00. The molecule has 2 amide bonds. The standard InChI is InChI=1S/C16H16N4O2S/c1-10(2)17-16(21)18-13-5-3-4-11(8-13)14-19-15(22-20-14)12-6-7-23-9-12/h3-10H,1-2H3,(H2,17,18,21). The van der Waals surface area contributed by atoms with E-state index in [9.17, 15) is 4.79 Å². The number of nitrogens with one attached hydrogen (secondary N) is 2. The summed E-state index contributed by atoms with van der Waals surface area (Å²) in [5, 5.41) is 13.5. The van der Waals surface area contributed by atoms with Crippen molar-refractivity contribution in [1.29, 1.82) is 0 Å². The van der Waals surface area contributed by atoms with Gasteiger partial charge in [-0.05, 0) is 37.4 Å². The van der Waals surface area contributed by atoms with Crippen LogP contribution >= 0.6 is 11.3 Å². The minimum Gasteiger partial charge on any atom is -0.336 e. The molecule has 118 valence electrons. The minimum atomic E-state index is -0.246. The van der Waals surface area contributed by atoms with Gasteiger partial charge in [-0.25, -0.2) is 4.79 Å². The number of hydrogen-bond acceptors (Lipinski definition) is 5. The normalized spacial score (nSPS) is 10.7. The van der Waals surface area contributed by atoms with E-state index in [1.807, 2.05) is 54.9 Å². The third-order valence-corrected chi connectivity index (χ3v) is 3.68. The lowest BCUT2D eigenvalue weighted by atomic mass is 10.2. The molecule has 0 saturated carbocycles. The number of benzene rings is 1. The number of amides is 2. The Balaban J connectivity index is 1.79. The molecule has 0 aliphatic rings. The highest BCUT2D eigenvalue weighted by atomic mass is 32.1. The van der Waals surface area contributed by atoms with Gasteiger partial charge in [0.1, 0.15) is 0 Å². The Kier molecular flexibility index (Phi) is 4.38. The quantitative estimate of drug-likeness (QED) is 0.759. The number of hydrogen-bond donors (Lipinski definition) is 2. The number of anilines is 1. The number of rotatable bonds is 4. The van der Waals surface area contributed by atoms with Gasteiger partial charge in [0.15, 0.2) is 0 Å². The molecular weight excluding hydrogens is 312 g/mol. The summed E-state index contributed by atoms with van der Waals surface area (Å²) in [6.45, 7) is 3.81. The second-order valence-electron chi connectivity index (χ2n) is 5.27. The fraction of sp³-hybridized carbons (Fsp3) is 0.188. The van der Waals surface area contributed by atoms with E-state index in [1.54, 1.807) is 11.3 Å². The average Bonchev–Trinajstić information content (AvgIpc) is 3.18. The lowest BCUT2D eigenvalue weighted by molar-refractivity contribution is 0.250. The molecule has 0 unspecified atom stereocenters. The van der Waals surface area contributed by atoms with Gasteiger partial charge < -0.3 is 15.2 Å². The van der Waals surface area contributed by atoms with Crippen LogP contribution in [0.15, 0.2) is 45.6 Å². The maximum absolute atomic E-state index is 11.8. The number of nitrogens with zero attached hydrogens (tertiary/aromatic N) is 2. The third kappa shape index (κ3) is 3.75. The molecule has 2 aromatic heterocycles. The van der Waals surface area contributed by atoms with Crippen LogP contribution in [-0.2, 0) is 0 Å². The van der Waals surface area contributed by atoms with Gasteiger partial charge in [-0.3, -0.25) is 0 Å². The summed E-state index contributed by atoms with van der Waals surface area (Å²) >= 11 is 1.57. The lowest BCUT2D eigenvalue weighted by Gasteiger charge is -2.10. The van der Waals surface area contributed by atoms with Crippen molar-refractivity contribution in [3.05, 3.63) is 41.1 Å². The van der Waals surface area contributed by atoms with Crippen molar-refractivity contribution in [3.8, 4) is 22.8 Å². The van der Waals surface area contributed by atoms with Crippen molar-refractivity contribution in [2.24, 2.45) is 0 Å². The van der Waals surface area contributed by atoms with Gasteiger partial charge in [-0.2, -0.15) is 16.3 Å². The number of carbonyl (C=O) groups is 1.